The van der Waals surface area contributed by atoms with Gasteiger partial charge in [-0.15, -0.1) is 0 Å². The smallest absolute Gasteiger partial charge is 0.245 e. The third-order valence-electron chi connectivity index (χ3n) is 8.49. The van der Waals surface area contributed by atoms with Crippen LogP contribution >= 0.6 is 0 Å². The zero-order valence-corrected chi connectivity index (χ0v) is 24.2. The van der Waals surface area contributed by atoms with E-state index < -0.39 is 36.0 Å². The molecule has 5 N–H and O–H groups in total. The molecule has 1 saturated carbocycles. The minimum absolute atomic E-state index is 0.151. The van der Waals surface area contributed by atoms with Gasteiger partial charge in [-0.25, -0.2) is 5.48 Å². The fourth-order valence-electron chi connectivity index (χ4n) is 6.30. The maximum Gasteiger partial charge on any atom is 0.245 e. The molecule has 11 heteroatoms. The first-order valence-electron chi connectivity index (χ1n) is 15.3. The van der Waals surface area contributed by atoms with Gasteiger partial charge in [-0.3, -0.25) is 29.2 Å². The third kappa shape index (κ3) is 9.45. The number of carbonyl (C=O) groups excluding carboxylic acids is 5. The molecule has 0 radical (unpaired) electrons. The molecular formula is C29H49N5O6. The number of hydroxylamine groups is 1. The summed E-state index contributed by atoms with van der Waals surface area (Å²) in [5.74, 6) is -1.31. The molecule has 3 fully saturated rings. The predicted octanol–water partition coefficient (Wildman–Crippen LogP) is 2.31. The van der Waals surface area contributed by atoms with Crippen LogP contribution in [-0.4, -0.2) is 70.4 Å². The lowest BCUT2D eigenvalue weighted by molar-refractivity contribution is -0.147. The summed E-state index contributed by atoms with van der Waals surface area (Å²) in [7, 11) is 0. The first-order chi connectivity index (χ1) is 19.2. The monoisotopic (exact) mass is 563 g/mol. The summed E-state index contributed by atoms with van der Waals surface area (Å²) in [5.41, 5.74) is 1.61. The molecule has 2 aliphatic heterocycles. The number of piperidine rings is 1. The Morgan fingerprint density at radius 1 is 0.850 bits per heavy atom. The maximum atomic E-state index is 13.8. The average Bonchev–Trinajstić information content (AvgIpc) is 2.94. The van der Waals surface area contributed by atoms with E-state index in [1.165, 1.54) is 6.42 Å². The lowest BCUT2D eigenvalue weighted by atomic mass is 9.84. The molecule has 2 saturated heterocycles. The van der Waals surface area contributed by atoms with Crippen LogP contribution in [0.1, 0.15) is 110 Å². The molecule has 0 aromatic rings. The summed E-state index contributed by atoms with van der Waals surface area (Å²) in [6, 6.07) is -3.08. The van der Waals surface area contributed by atoms with Gasteiger partial charge in [0.1, 0.15) is 24.2 Å². The van der Waals surface area contributed by atoms with E-state index in [0.29, 0.717) is 57.4 Å². The molecule has 0 aromatic carbocycles. The number of hydrogen-bond donors (Lipinski definition) is 5. The Morgan fingerprint density at radius 3 is 2.20 bits per heavy atom. The number of amides is 5. The Labute approximate surface area is 237 Å². The van der Waals surface area contributed by atoms with E-state index in [4.69, 9.17) is 5.21 Å². The zero-order chi connectivity index (χ0) is 29.1. The van der Waals surface area contributed by atoms with Gasteiger partial charge in [0.05, 0.1) is 0 Å². The fraction of sp³-hybridized carbons (Fsp3) is 0.828. The van der Waals surface area contributed by atoms with Gasteiger partial charge in [0.2, 0.25) is 29.5 Å². The molecule has 4 atom stereocenters. The number of hydrogen-bond acceptors (Lipinski definition) is 6. The van der Waals surface area contributed by atoms with Gasteiger partial charge in [-0.2, -0.15) is 0 Å². The molecule has 0 unspecified atom stereocenters. The number of carbonyl (C=O) groups is 5. The number of nitrogens with zero attached hydrogens (tertiary/aromatic N) is 1. The molecule has 0 aromatic heterocycles. The van der Waals surface area contributed by atoms with E-state index in [2.05, 4.69) is 16.0 Å². The molecule has 3 aliphatic rings. The molecular weight excluding hydrogens is 514 g/mol. The normalized spacial score (nSPS) is 27.1. The SMILES string of the molecule is CC(C)C[C@@H]1NC(=O)[C@@H](CC2CCCCC2)NC(=O)[C@H](CCCCCC(=O)NO)NC(=O)[C@@H]2CCCCN2C1=O. The van der Waals surface area contributed by atoms with Crippen molar-refractivity contribution in [2.45, 2.75) is 134 Å². The van der Waals surface area contributed by atoms with Crippen molar-refractivity contribution in [2.75, 3.05) is 6.54 Å². The summed E-state index contributed by atoms with van der Waals surface area (Å²) in [6.07, 6.45) is 10.7. The van der Waals surface area contributed by atoms with Crippen LogP contribution in [0.25, 0.3) is 0 Å². The quantitative estimate of drug-likeness (QED) is 0.156. The lowest BCUT2D eigenvalue weighted by Crippen LogP contribution is -2.63. The van der Waals surface area contributed by atoms with Crippen molar-refractivity contribution in [3.05, 3.63) is 0 Å². The van der Waals surface area contributed by atoms with Gasteiger partial charge in [0, 0.05) is 13.0 Å². The van der Waals surface area contributed by atoms with Crippen LogP contribution in [-0.2, 0) is 24.0 Å². The van der Waals surface area contributed by atoms with Crippen LogP contribution in [0.4, 0.5) is 0 Å². The summed E-state index contributed by atoms with van der Waals surface area (Å²) >= 11 is 0. The highest BCUT2D eigenvalue weighted by molar-refractivity contribution is 5.97. The van der Waals surface area contributed by atoms with Crippen molar-refractivity contribution >= 4 is 29.5 Å². The van der Waals surface area contributed by atoms with Gasteiger partial charge in [0.25, 0.3) is 0 Å². The third-order valence-corrected chi connectivity index (χ3v) is 8.49. The van der Waals surface area contributed by atoms with Crippen molar-refractivity contribution in [3.63, 3.8) is 0 Å². The molecule has 3 rings (SSSR count). The van der Waals surface area contributed by atoms with Crippen molar-refractivity contribution in [1.82, 2.24) is 26.3 Å². The standard InChI is InChI=1S/C29H49N5O6/c1-19(2)17-23-29(39)34-16-10-9-14-24(34)28(38)30-21(13-7-4-8-15-25(35)33-40)26(36)31-22(27(37)32-23)18-20-11-5-3-6-12-20/h19-24,40H,3-18H2,1-2H3,(H,30,38)(H,31,36)(H,32,37)(H,33,35)/t21-,22+,23-,24-/m0/s1. The zero-order valence-electron chi connectivity index (χ0n) is 24.2. The van der Waals surface area contributed by atoms with Crippen LogP contribution in [0.3, 0.4) is 0 Å². The number of rotatable bonds is 10. The highest BCUT2D eigenvalue weighted by Gasteiger charge is 2.40. The van der Waals surface area contributed by atoms with E-state index in [1.54, 1.807) is 10.4 Å². The number of unbranched alkanes of at least 4 members (excludes halogenated alkanes) is 2. The van der Waals surface area contributed by atoms with Crippen LogP contribution in [0.15, 0.2) is 0 Å². The highest BCUT2D eigenvalue weighted by Crippen LogP contribution is 2.28. The van der Waals surface area contributed by atoms with E-state index >= 15 is 0 Å². The van der Waals surface area contributed by atoms with Gasteiger partial charge in [-0.05, 0) is 56.8 Å². The predicted molar refractivity (Wildman–Crippen MR) is 149 cm³/mol. The van der Waals surface area contributed by atoms with E-state index in [-0.39, 0.29) is 30.1 Å². The second kappa shape index (κ2) is 15.9. The minimum atomic E-state index is -0.856. The van der Waals surface area contributed by atoms with Crippen molar-refractivity contribution in [1.29, 1.82) is 0 Å². The van der Waals surface area contributed by atoms with Crippen molar-refractivity contribution in [3.8, 4) is 0 Å². The van der Waals surface area contributed by atoms with E-state index in [0.717, 1.165) is 38.5 Å². The summed E-state index contributed by atoms with van der Waals surface area (Å²) in [5, 5.41) is 17.5. The van der Waals surface area contributed by atoms with Crippen molar-refractivity contribution < 1.29 is 29.2 Å². The van der Waals surface area contributed by atoms with Gasteiger partial charge in [0.15, 0.2) is 0 Å². The number of nitrogens with one attached hydrogen (secondary N) is 4. The van der Waals surface area contributed by atoms with Crippen LogP contribution in [0.5, 0.6) is 0 Å². The van der Waals surface area contributed by atoms with Crippen LogP contribution < -0.4 is 21.4 Å². The Hall–Kier alpha value is -2.69. The molecule has 2 heterocycles. The Morgan fingerprint density at radius 2 is 1.50 bits per heavy atom. The second-order valence-electron chi connectivity index (χ2n) is 12.2. The maximum absolute atomic E-state index is 13.8. The Kier molecular flexibility index (Phi) is 12.7. The number of fused-ring (bicyclic) bond motifs is 1. The molecule has 226 valence electrons. The first kappa shape index (κ1) is 31.8. The van der Waals surface area contributed by atoms with Crippen molar-refractivity contribution in [2.24, 2.45) is 11.8 Å². The highest BCUT2D eigenvalue weighted by atomic mass is 16.5. The van der Waals surface area contributed by atoms with Crippen LogP contribution in [0, 0.1) is 11.8 Å². The largest absolute Gasteiger partial charge is 0.343 e. The second-order valence-corrected chi connectivity index (χ2v) is 12.2. The molecule has 40 heavy (non-hydrogen) atoms. The average molecular weight is 564 g/mol. The molecule has 11 nitrogen and oxygen atoms in total. The molecule has 5 amide bonds. The molecule has 0 bridgehead atoms. The Balaban J connectivity index is 1.84. The first-order valence-corrected chi connectivity index (χ1v) is 15.3. The van der Waals surface area contributed by atoms with Gasteiger partial charge in [-0.1, -0.05) is 58.8 Å². The molecule has 0 spiro atoms. The topological polar surface area (TPSA) is 157 Å². The lowest BCUT2D eigenvalue weighted by Gasteiger charge is -2.39. The van der Waals surface area contributed by atoms with Gasteiger partial charge < -0.3 is 20.9 Å². The van der Waals surface area contributed by atoms with Gasteiger partial charge >= 0.3 is 0 Å². The Bertz CT molecular complexity index is 890. The summed E-state index contributed by atoms with van der Waals surface area (Å²) in [4.78, 5) is 67.5. The minimum Gasteiger partial charge on any atom is -0.343 e. The fourth-order valence-corrected chi connectivity index (χ4v) is 6.30. The molecule has 1 aliphatic carbocycles. The van der Waals surface area contributed by atoms with E-state index in [1.807, 2.05) is 13.8 Å². The van der Waals surface area contributed by atoms with E-state index in [9.17, 15) is 24.0 Å². The summed E-state index contributed by atoms with van der Waals surface area (Å²) < 4.78 is 0. The summed E-state index contributed by atoms with van der Waals surface area (Å²) in [6.45, 7) is 4.44. The van der Waals surface area contributed by atoms with Crippen LogP contribution in [0.2, 0.25) is 0 Å².